The molecule has 0 saturated carbocycles. The largest absolute Gasteiger partial charge is 0.476 e. The van der Waals surface area contributed by atoms with Gasteiger partial charge in [0.1, 0.15) is 16.8 Å². The molecule has 0 aliphatic heterocycles. The Morgan fingerprint density at radius 1 is 0.643 bits per heavy atom. The van der Waals surface area contributed by atoms with Gasteiger partial charge in [0.25, 0.3) is 0 Å². The first kappa shape index (κ1) is 35.9. The van der Waals surface area contributed by atoms with Crippen molar-refractivity contribution in [3.63, 3.8) is 0 Å². The van der Waals surface area contributed by atoms with Crippen molar-refractivity contribution in [3.05, 3.63) is 245 Å². The third-order valence-electron chi connectivity index (χ3n) is 9.83. The minimum absolute atomic E-state index is 0.0629. The molecule has 0 saturated heterocycles. The van der Waals surface area contributed by atoms with E-state index in [1.165, 1.54) is 11.3 Å². The van der Waals surface area contributed by atoms with Crippen LogP contribution < -0.4 is 5.32 Å². The number of nitrogens with one attached hydrogen (secondary N) is 1. The lowest BCUT2D eigenvalue weighted by atomic mass is 9.77. The topological polar surface area (TPSA) is 102 Å². The van der Waals surface area contributed by atoms with Crippen LogP contribution in [-0.2, 0) is 27.3 Å². The van der Waals surface area contributed by atoms with Crippen LogP contribution >= 0.6 is 11.3 Å². The van der Waals surface area contributed by atoms with Crippen LogP contribution in [0.1, 0.15) is 44.8 Å². The van der Waals surface area contributed by atoms with Crippen LogP contribution in [0.3, 0.4) is 0 Å². The molecule has 0 aliphatic rings. The minimum atomic E-state index is -1.26. The number of rotatable bonds is 14. The van der Waals surface area contributed by atoms with Crippen LogP contribution in [0.4, 0.5) is 5.13 Å². The van der Waals surface area contributed by atoms with E-state index in [1.54, 1.807) is 11.7 Å². The van der Waals surface area contributed by atoms with Crippen LogP contribution in [0, 0.1) is 0 Å². The Bertz CT molecular complexity index is 2330. The number of nitrogens with zero attached hydrogens (tertiary/aromatic N) is 4. The number of aliphatic carboxylic acids is 1. The summed E-state index contributed by atoms with van der Waals surface area (Å²) in [5, 5.41) is 20.3. The molecular formula is C47H37N5O3S. The normalized spacial score (nSPS) is 11.9. The first-order chi connectivity index (χ1) is 27.6. The highest BCUT2D eigenvalue weighted by Crippen LogP contribution is 2.42. The molecule has 0 amide bonds. The number of oxime groups is 1. The zero-order valence-electron chi connectivity index (χ0n) is 30.2. The number of anilines is 1. The molecular weight excluding hydrogens is 715 g/mol. The second-order valence-electron chi connectivity index (χ2n) is 13.1. The summed E-state index contributed by atoms with van der Waals surface area (Å²) in [6.07, 6.45) is 3.70. The van der Waals surface area contributed by atoms with E-state index in [4.69, 9.17) is 14.8 Å². The quantitative estimate of drug-likeness (QED) is 0.0652. The molecule has 0 unspecified atom stereocenters. The number of aromatic nitrogens is 3. The molecule has 0 fully saturated rings. The van der Waals surface area contributed by atoms with E-state index >= 15 is 0 Å². The average molecular weight is 752 g/mol. The van der Waals surface area contributed by atoms with Gasteiger partial charge in [-0.3, -0.25) is 0 Å². The van der Waals surface area contributed by atoms with E-state index < -0.39 is 17.0 Å². The van der Waals surface area contributed by atoms with Gasteiger partial charge in [0, 0.05) is 11.6 Å². The van der Waals surface area contributed by atoms with Crippen LogP contribution in [-0.4, -0.2) is 31.3 Å². The molecule has 2 heterocycles. The smallest absolute Gasteiger partial charge is 0.360 e. The molecule has 0 aliphatic carbocycles. The number of thiazole rings is 1. The average Bonchev–Trinajstić information content (AvgIpc) is 3.94. The van der Waals surface area contributed by atoms with Gasteiger partial charge in [-0.15, -0.1) is 11.3 Å². The highest BCUT2D eigenvalue weighted by molar-refractivity contribution is 7.14. The monoisotopic (exact) mass is 751 g/mol. The predicted molar refractivity (Wildman–Crippen MR) is 221 cm³/mol. The van der Waals surface area contributed by atoms with Crippen molar-refractivity contribution in [2.75, 3.05) is 5.32 Å². The van der Waals surface area contributed by atoms with Crippen LogP contribution in [0.15, 0.2) is 205 Å². The van der Waals surface area contributed by atoms with E-state index in [9.17, 15) is 9.90 Å². The van der Waals surface area contributed by atoms with Gasteiger partial charge in [-0.2, -0.15) is 0 Å². The lowest BCUT2D eigenvalue weighted by molar-refractivity contribution is -0.129. The van der Waals surface area contributed by atoms with Gasteiger partial charge in [0.05, 0.1) is 12.0 Å². The fourth-order valence-electron chi connectivity index (χ4n) is 7.35. The molecule has 8 nitrogen and oxygen atoms in total. The van der Waals surface area contributed by atoms with E-state index in [0.717, 1.165) is 33.4 Å². The Kier molecular flexibility index (Phi) is 10.3. The molecule has 0 atom stereocenters. The maximum absolute atomic E-state index is 12.6. The number of carboxylic acid groups (broad SMARTS) is 1. The molecule has 6 aromatic carbocycles. The van der Waals surface area contributed by atoms with E-state index in [0.29, 0.717) is 10.8 Å². The third-order valence-corrected chi connectivity index (χ3v) is 10.6. The van der Waals surface area contributed by atoms with Crippen molar-refractivity contribution in [1.82, 2.24) is 14.5 Å². The van der Waals surface area contributed by atoms with Crippen LogP contribution in [0.25, 0.3) is 0 Å². The summed E-state index contributed by atoms with van der Waals surface area (Å²) in [6, 6.07) is 61.3. The minimum Gasteiger partial charge on any atom is -0.476 e. The first-order valence-corrected chi connectivity index (χ1v) is 19.0. The number of benzene rings is 6. The summed E-state index contributed by atoms with van der Waals surface area (Å²) in [7, 11) is 0. The molecule has 8 rings (SSSR count). The van der Waals surface area contributed by atoms with Gasteiger partial charge < -0.3 is 19.8 Å². The first-order valence-electron chi connectivity index (χ1n) is 18.1. The standard InChI is InChI=1S/C47H37N5O3S/c53-44(54)43(42-33-56-45(49-42)50-46(35-19-7-1-8-20-35,36-21-9-2-10-22-36)37-23-11-3-12-24-37)51-55-32-41-31-52(34-48-41)47(38-25-13-4-14-26-38,39-27-15-5-16-28-39)40-29-17-6-18-30-40/h1-31,33-34H,32H2,(H,49,50)(H,53,54)/b51-43-. The van der Waals surface area contributed by atoms with Gasteiger partial charge >= 0.3 is 5.97 Å². The molecule has 274 valence electrons. The third kappa shape index (κ3) is 6.87. The highest BCUT2D eigenvalue weighted by atomic mass is 32.1. The Labute approximate surface area is 329 Å². The number of hydrogen-bond acceptors (Lipinski definition) is 7. The van der Waals surface area contributed by atoms with E-state index in [1.807, 2.05) is 115 Å². The summed E-state index contributed by atoms with van der Waals surface area (Å²) in [6.45, 7) is -0.0629. The van der Waals surface area contributed by atoms with E-state index in [2.05, 4.69) is 87.8 Å². The lowest BCUT2D eigenvalue weighted by Gasteiger charge is -2.37. The molecule has 0 spiro atoms. The number of carbonyl (C=O) groups is 1. The van der Waals surface area contributed by atoms with Crippen LogP contribution in [0.2, 0.25) is 0 Å². The van der Waals surface area contributed by atoms with Crippen molar-refractivity contribution in [3.8, 4) is 0 Å². The molecule has 0 radical (unpaired) electrons. The van der Waals surface area contributed by atoms with E-state index in [-0.39, 0.29) is 18.0 Å². The Hall–Kier alpha value is -7.10. The maximum Gasteiger partial charge on any atom is 0.360 e. The van der Waals surface area contributed by atoms with Crippen LogP contribution in [0.5, 0.6) is 0 Å². The summed E-state index contributed by atoms with van der Waals surface area (Å²) < 4.78 is 2.07. The Morgan fingerprint density at radius 3 is 1.46 bits per heavy atom. The second-order valence-corrected chi connectivity index (χ2v) is 14.0. The zero-order chi connectivity index (χ0) is 38.2. The molecule has 9 heteroatoms. The number of carboxylic acids is 1. The van der Waals surface area contributed by atoms with Gasteiger partial charge in [-0.25, -0.2) is 14.8 Å². The predicted octanol–water partition coefficient (Wildman–Crippen LogP) is 9.59. The van der Waals surface area contributed by atoms with Gasteiger partial charge in [-0.1, -0.05) is 187 Å². The Balaban J connectivity index is 1.10. The fraction of sp³-hybridized carbons (Fsp3) is 0.0638. The fourth-order valence-corrected chi connectivity index (χ4v) is 8.10. The number of hydrogen-bond donors (Lipinski definition) is 2. The Morgan fingerprint density at radius 2 is 1.05 bits per heavy atom. The van der Waals surface area contributed by atoms with Crippen molar-refractivity contribution < 1.29 is 14.7 Å². The van der Waals surface area contributed by atoms with Gasteiger partial charge in [-0.05, 0) is 33.4 Å². The van der Waals surface area contributed by atoms with Crippen molar-refractivity contribution in [1.29, 1.82) is 0 Å². The second kappa shape index (κ2) is 16.1. The maximum atomic E-state index is 12.6. The molecule has 8 aromatic rings. The molecule has 2 aromatic heterocycles. The van der Waals surface area contributed by atoms with Crippen molar-refractivity contribution in [2.24, 2.45) is 5.16 Å². The van der Waals surface area contributed by atoms with Gasteiger partial charge in [0.15, 0.2) is 11.7 Å². The van der Waals surface area contributed by atoms with Gasteiger partial charge in [0.2, 0.25) is 5.71 Å². The highest BCUT2D eigenvalue weighted by Gasteiger charge is 2.39. The summed E-state index contributed by atoms with van der Waals surface area (Å²) >= 11 is 1.30. The number of imidazole rings is 1. The SMILES string of the molecule is O=C(O)/C(=N\OCc1cn(C(c2ccccc2)(c2ccccc2)c2ccccc2)cn1)c1csc(NC(c2ccccc2)(c2ccccc2)c2ccccc2)n1. The zero-order valence-corrected chi connectivity index (χ0v) is 31.0. The van der Waals surface area contributed by atoms with Crippen molar-refractivity contribution in [2.45, 2.75) is 17.7 Å². The lowest BCUT2D eigenvalue weighted by Crippen LogP contribution is -2.38. The summed E-state index contributed by atoms with van der Waals surface area (Å²) in [5.74, 6) is -1.26. The molecule has 0 bridgehead atoms. The molecule has 56 heavy (non-hydrogen) atoms. The summed E-state index contributed by atoms with van der Waals surface area (Å²) in [4.78, 5) is 27.8. The summed E-state index contributed by atoms with van der Waals surface area (Å²) in [5.41, 5.74) is 5.02. The molecule has 2 N–H and O–H groups in total. The van der Waals surface area contributed by atoms with Crippen molar-refractivity contribution >= 4 is 28.1 Å².